The summed E-state index contributed by atoms with van der Waals surface area (Å²) in [6.07, 6.45) is 2.57. The van der Waals surface area contributed by atoms with Crippen LogP contribution in [-0.4, -0.2) is 22.5 Å². The standard InChI is InChI=1S/C19H18ClN3O2/c1-2-10-25-19-13(6-5-9-21-19)12-22-18(24)15-11-17(20)23-16-8-4-3-7-14(15)16/h3-9,11H,2,10,12H2,1H3,(H,22,24). The van der Waals surface area contributed by atoms with Crippen LogP contribution in [0.2, 0.25) is 5.15 Å². The van der Waals surface area contributed by atoms with E-state index in [1.54, 1.807) is 12.3 Å². The Bertz CT molecular complexity index is 899. The molecule has 0 atom stereocenters. The summed E-state index contributed by atoms with van der Waals surface area (Å²) in [7, 11) is 0. The average molecular weight is 356 g/mol. The molecular formula is C19H18ClN3O2. The Balaban J connectivity index is 1.80. The fourth-order valence-electron chi connectivity index (χ4n) is 2.49. The maximum atomic E-state index is 12.7. The van der Waals surface area contributed by atoms with E-state index in [9.17, 15) is 4.79 Å². The van der Waals surface area contributed by atoms with Crippen LogP contribution in [0.3, 0.4) is 0 Å². The number of pyridine rings is 2. The summed E-state index contributed by atoms with van der Waals surface area (Å²) in [6, 6.07) is 12.7. The Labute approximate surface area is 151 Å². The van der Waals surface area contributed by atoms with Gasteiger partial charge in [-0.2, -0.15) is 0 Å². The summed E-state index contributed by atoms with van der Waals surface area (Å²) < 4.78 is 5.62. The van der Waals surface area contributed by atoms with E-state index in [1.807, 2.05) is 43.3 Å². The second kappa shape index (κ2) is 7.94. The molecule has 5 nitrogen and oxygen atoms in total. The lowest BCUT2D eigenvalue weighted by atomic mass is 10.1. The number of ether oxygens (including phenoxy) is 1. The van der Waals surface area contributed by atoms with Gasteiger partial charge in [-0.25, -0.2) is 9.97 Å². The monoisotopic (exact) mass is 355 g/mol. The lowest BCUT2D eigenvalue weighted by Gasteiger charge is -2.11. The van der Waals surface area contributed by atoms with Gasteiger partial charge in [-0.05, 0) is 24.6 Å². The van der Waals surface area contributed by atoms with Crippen LogP contribution in [0.5, 0.6) is 5.88 Å². The van der Waals surface area contributed by atoms with E-state index in [4.69, 9.17) is 16.3 Å². The molecule has 0 aliphatic carbocycles. The van der Waals surface area contributed by atoms with Crippen molar-refractivity contribution < 1.29 is 9.53 Å². The van der Waals surface area contributed by atoms with Gasteiger partial charge in [0.25, 0.3) is 5.91 Å². The first kappa shape index (κ1) is 17.2. The van der Waals surface area contributed by atoms with E-state index in [1.165, 1.54) is 0 Å². The lowest BCUT2D eigenvalue weighted by molar-refractivity contribution is 0.0952. The van der Waals surface area contributed by atoms with Gasteiger partial charge < -0.3 is 10.1 Å². The molecule has 1 aromatic carbocycles. The Morgan fingerprint density at radius 1 is 1.24 bits per heavy atom. The van der Waals surface area contributed by atoms with E-state index in [0.717, 1.165) is 17.4 Å². The maximum absolute atomic E-state index is 12.7. The quantitative estimate of drug-likeness (QED) is 0.679. The summed E-state index contributed by atoms with van der Waals surface area (Å²) in [5.74, 6) is 0.327. The second-order valence-electron chi connectivity index (χ2n) is 5.51. The van der Waals surface area contributed by atoms with Crippen molar-refractivity contribution in [2.24, 2.45) is 0 Å². The van der Waals surface area contributed by atoms with Crippen molar-refractivity contribution >= 4 is 28.4 Å². The van der Waals surface area contributed by atoms with Gasteiger partial charge in [0.1, 0.15) is 5.15 Å². The molecule has 2 heterocycles. The number of hydrogen-bond donors (Lipinski definition) is 1. The van der Waals surface area contributed by atoms with Gasteiger partial charge >= 0.3 is 0 Å². The third-order valence-corrected chi connectivity index (χ3v) is 3.86. The fraction of sp³-hybridized carbons (Fsp3) is 0.211. The zero-order valence-electron chi connectivity index (χ0n) is 13.8. The molecule has 0 bridgehead atoms. The van der Waals surface area contributed by atoms with E-state index in [2.05, 4.69) is 15.3 Å². The van der Waals surface area contributed by atoms with Crippen molar-refractivity contribution in [3.8, 4) is 5.88 Å². The van der Waals surface area contributed by atoms with Gasteiger partial charge in [-0.15, -0.1) is 0 Å². The van der Waals surface area contributed by atoms with Crippen LogP contribution in [0.1, 0.15) is 29.3 Å². The van der Waals surface area contributed by atoms with Gasteiger partial charge in [0.05, 0.1) is 17.7 Å². The first-order valence-corrected chi connectivity index (χ1v) is 8.47. The van der Waals surface area contributed by atoms with E-state index in [-0.39, 0.29) is 11.1 Å². The number of carbonyl (C=O) groups is 1. The summed E-state index contributed by atoms with van der Waals surface area (Å²) in [4.78, 5) is 21.1. The molecule has 1 N–H and O–H groups in total. The highest BCUT2D eigenvalue weighted by Gasteiger charge is 2.13. The first-order chi connectivity index (χ1) is 12.2. The largest absolute Gasteiger partial charge is 0.477 e. The number of carbonyl (C=O) groups excluding carboxylic acids is 1. The Morgan fingerprint density at radius 3 is 2.92 bits per heavy atom. The van der Waals surface area contributed by atoms with Crippen LogP contribution >= 0.6 is 11.6 Å². The summed E-state index contributed by atoms with van der Waals surface area (Å²) in [6.45, 7) is 2.94. The number of nitrogens with zero attached hydrogens (tertiary/aromatic N) is 2. The number of hydrogen-bond acceptors (Lipinski definition) is 4. The number of amides is 1. The summed E-state index contributed by atoms with van der Waals surface area (Å²) >= 11 is 6.05. The Morgan fingerprint density at radius 2 is 2.08 bits per heavy atom. The minimum absolute atomic E-state index is 0.217. The molecule has 0 radical (unpaired) electrons. The first-order valence-electron chi connectivity index (χ1n) is 8.09. The van der Waals surface area contributed by atoms with Crippen LogP contribution < -0.4 is 10.1 Å². The zero-order valence-corrected chi connectivity index (χ0v) is 14.6. The Hall–Kier alpha value is -2.66. The van der Waals surface area contributed by atoms with Gasteiger partial charge in [0.2, 0.25) is 5.88 Å². The molecule has 0 aliphatic heterocycles. The third kappa shape index (κ3) is 4.06. The van der Waals surface area contributed by atoms with Gasteiger partial charge in [0.15, 0.2) is 0 Å². The van der Waals surface area contributed by atoms with Crippen molar-refractivity contribution in [3.63, 3.8) is 0 Å². The number of nitrogens with one attached hydrogen (secondary N) is 1. The molecule has 3 rings (SSSR count). The number of fused-ring (bicyclic) bond motifs is 1. The number of aromatic nitrogens is 2. The predicted molar refractivity (Wildman–Crippen MR) is 97.9 cm³/mol. The molecule has 25 heavy (non-hydrogen) atoms. The molecule has 0 fully saturated rings. The topological polar surface area (TPSA) is 64.1 Å². The average Bonchev–Trinajstić information content (AvgIpc) is 2.64. The zero-order chi connectivity index (χ0) is 17.6. The van der Waals surface area contributed by atoms with Crippen LogP contribution in [0, 0.1) is 0 Å². The van der Waals surface area contributed by atoms with Gasteiger partial charge in [-0.3, -0.25) is 4.79 Å². The van der Waals surface area contributed by atoms with Gasteiger partial charge in [0, 0.05) is 23.7 Å². The van der Waals surface area contributed by atoms with Crippen LogP contribution in [0.25, 0.3) is 10.9 Å². The van der Waals surface area contributed by atoms with E-state index < -0.39 is 0 Å². The smallest absolute Gasteiger partial charge is 0.252 e. The second-order valence-corrected chi connectivity index (χ2v) is 5.90. The van der Waals surface area contributed by atoms with Crippen LogP contribution in [0.15, 0.2) is 48.7 Å². The van der Waals surface area contributed by atoms with Crippen molar-refractivity contribution in [3.05, 3.63) is 64.9 Å². The molecule has 3 aromatic rings. The van der Waals surface area contributed by atoms with Crippen molar-refractivity contribution in [1.82, 2.24) is 15.3 Å². The molecule has 128 valence electrons. The summed E-state index contributed by atoms with van der Waals surface area (Å²) in [5.41, 5.74) is 2.01. The molecule has 0 unspecified atom stereocenters. The minimum atomic E-state index is -0.217. The number of halogens is 1. The summed E-state index contributed by atoms with van der Waals surface area (Å²) in [5, 5.41) is 3.96. The lowest BCUT2D eigenvalue weighted by Crippen LogP contribution is -2.23. The predicted octanol–water partition coefficient (Wildman–Crippen LogP) is 4.00. The molecule has 6 heteroatoms. The minimum Gasteiger partial charge on any atom is -0.477 e. The highest BCUT2D eigenvalue weighted by atomic mass is 35.5. The highest BCUT2D eigenvalue weighted by Crippen LogP contribution is 2.21. The molecule has 1 amide bonds. The third-order valence-electron chi connectivity index (χ3n) is 3.66. The normalized spacial score (nSPS) is 10.6. The van der Waals surface area contributed by atoms with Crippen molar-refractivity contribution in [2.45, 2.75) is 19.9 Å². The van der Waals surface area contributed by atoms with Crippen molar-refractivity contribution in [1.29, 1.82) is 0 Å². The number of rotatable bonds is 6. The van der Waals surface area contributed by atoms with E-state index >= 15 is 0 Å². The number of benzene rings is 1. The van der Waals surface area contributed by atoms with Crippen molar-refractivity contribution in [2.75, 3.05) is 6.61 Å². The molecule has 0 aliphatic rings. The Kier molecular flexibility index (Phi) is 5.46. The molecule has 0 spiro atoms. The highest BCUT2D eigenvalue weighted by molar-refractivity contribution is 6.30. The van der Waals surface area contributed by atoms with Gasteiger partial charge in [-0.1, -0.05) is 42.8 Å². The number of para-hydroxylation sites is 1. The molecular weight excluding hydrogens is 338 g/mol. The van der Waals surface area contributed by atoms with E-state index in [0.29, 0.717) is 30.1 Å². The van der Waals surface area contributed by atoms with Crippen LogP contribution in [-0.2, 0) is 6.54 Å². The molecule has 2 aromatic heterocycles. The molecule has 0 saturated carbocycles. The molecule has 0 saturated heterocycles. The van der Waals surface area contributed by atoms with Crippen LogP contribution in [0.4, 0.5) is 0 Å². The fourth-order valence-corrected chi connectivity index (χ4v) is 2.69. The SMILES string of the molecule is CCCOc1ncccc1CNC(=O)c1cc(Cl)nc2ccccc12. The maximum Gasteiger partial charge on any atom is 0.252 e.